The van der Waals surface area contributed by atoms with E-state index in [9.17, 15) is 19.8 Å². The summed E-state index contributed by atoms with van der Waals surface area (Å²) in [7, 11) is 4.11. The molecule has 1 rings (SSSR count). The van der Waals surface area contributed by atoms with Gasteiger partial charge in [0.1, 0.15) is 11.5 Å². The van der Waals surface area contributed by atoms with Crippen LogP contribution in [0.15, 0.2) is 18.2 Å². The SMILES string of the molecule is CCCCCCCC(CCCCCCC)CCC(CCCCOc1cc(CN(C)C)cc(OCCCCC(CCC(CCCCCCC)CCCCCCC)C(=O)O)c1)C(=O)O. The molecule has 62 heavy (non-hydrogen) atoms. The van der Waals surface area contributed by atoms with Crippen molar-refractivity contribution in [1.82, 2.24) is 4.90 Å². The van der Waals surface area contributed by atoms with Gasteiger partial charge in [0, 0.05) is 12.6 Å². The molecular formula is C55H101NO6. The van der Waals surface area contributed by atoms with Gasteiger partial charge in [-0.05, 0) is 108 Å². The summed E-state index contributed by atoms with van der Waals surface area (Å²) in [6.07, 6.45) is 39.4. The smallest absolute Gasteiger partial charge is 0.306 e. The maximum absolute atomic E-state index is 12.3. The van der Waals surface area contributed by atoms with Crippen molar-refractivity contribution in [3.05, 3.63) is 23.8 Å². The number of ether oxygens (including phenoxy) is 2. The van der Waals surface area contributed by atoms with Gasteiger partial charge in [0.2, 0.25) is 0 Å². The van der Waals surface area contributed by atoms with Crippen LogP contribution >= 0.6 is 0 Å². The first-order valence-corrected chi connectivity index (χ1v) is 26.6. The fourth-order valence-electron chi connectivity index (χ4n) is 9.29. The van der Waals surface area contributed by atoms with Gasteiger partial charge in [0.25, 0.3) is 0 Å². The predicted octanol–water partition coefficient (Wildman–Crippen LogP) is 16.5. The molecule has 1 aromatic carbocycles. The molecule has 0 aliphatic carbocycles. The molecular weight excluding hydrogens is 771 g/mol. The minimum Gasteiger partial charge on any atom is -0.493 e. The maximum atomic E-state index is 12.3. The van der Waals surface area contributed by atoms with Crippen molar-refractivity contribution in [3.63, 3.8) is 0 Å². The Balaban J connectivity index is 2.64. The summed E-state index contributed by atoms with van der Waals surface area (Å²) in [5, 5.41) is 20.2. The average Bonchev–Trinajstić information content (AvgIpc) is 3.23. The molecule has 0 aromatic heterocycles. The fourth-order valence-corrected chi connectivity index (χ4v) is 9.29. The highest BCUT2D eigenvalue weighted by molar-refractivity contribution is 5.70. The van der Waals surface area contributed by atoms with Crippen molar-refractivity contribution in [1.29, 1.82) is 0 Å². The normalized spacial score (nSPS) is 12.7. The number of carboxylic acid groups (broad SMARTS) is 2. The number of hydrogen-bond acceptors (Lipinski definition) is 5. The van der Waals surface area contributed by atoms with Gasteiger partial charge in [-0.15, -0.1) is 0 Å². The fraction of sp³-hybridized carbons (Fsp3) is 0.855. The third-order valence-corrected chi connectivity index (χ3v) is 13.3. The van der Waals surface area contributed by atoms with Crippen LogP contribution in [0.5, 0.6) is 11.5 Å². The summed E-state index contributed by atoms with van der Waals surface area (Å²) >= 11 is 0. The number of aliphatic carboxylic acids is 2. The summed E-state index contributed by atoms with van der Waals surface area (Å²) in [4.78, 5) is 26.7. The second-order valence-electron chi connectivity index (χ2n) is 19.5. The summed E-state index contributed by atoms with van der Waals surface area (Å²) in [6, 6.07) is 6.13. The van der Waals surface area contributed by atoms with E-state index in [1.54, 1.807) is 0 Å². The highest BCUT2D eigenvalue weighted by atomic mass is 16.5. The monoisotopic (exact) mass is 872 g/mol. The van der Waals surface area contributed by atoms with Gasteiger partial charge in [0.05, 0.1) is 25.0 Å². The van der Waals surface area contributed by atoms with Gasteiger partial charge < -0.3 is 24.6 Å². The van der Waals surface area contributed by atoms with Crippen molar-refractivity contribution in [2.45, 2.75) is 253 Å². The Hall–Kier alpha value is -2.28. The lowest BCUT2D eigenvalue weighted by molar-refractivity contribution is -0.143. The van der Waals surface area contributed by atoms with Crippen molar-refractivity contribution in [2.75, 3.05) is 27.3 Å². The van der Waals surface area contributed by atoms with E-state index < -0.39 is 11.9 Å². The van der Waals surface area contributed by atoms with Gasteiger partial charge >= 0.3 is 11.9 Å². The van der Waals surface area contributed by atoms with E-state index in [0.717, 1.165) is 75.0 Å². The van der Waals surface area contributed by atoms with Crippen LogP contribution in [0.1, 0.15) is 252 Å². The first-order chi connectivity index (χ1) is 30.1. The summed E-state index contributed by atoms with van der Waals surface area (Å²) in [6.45, 7) is 10.9. The Kier molecular flexibility index (Phi) is 37.5. The first kappa shape index (κ1) is 57.7. The minimum atomic E-state index is -0.646. The Bertz CT molecular complexity index is 1080. The molecule has 362 valence electrons. The maximum Gasteiger partial charge on any atom is 0.306 e. The number of nitrogens with zero attached hydrogens (tertiary/aromatic N) is 1. The third-order valence-electron chi connectivity index (χ3n) is 13.3. The highest BCUT2D eigenvalue weighted by Crippen LogP contribution is 2.30. The van der Waals surface area contributed by atoms with Crippen molar-refractivity contribution in [3.8, 4) is 11.5 Å². The standard InChI is InChI=1S/C55H101NO6/c1-7-11-15-19-23-31-47(32-24-20-16-12-8-2)37-39-50(54(57)58)35-27-29-41-61-52-43-49(46-56(5)6)44-53(45-52)62-42-30-28-36-51(55(59)60)40-38-48(33-25-21-17-13-9-3)34-26-22-18-14-10-4/h43-45,47-48,50-51H,7-42,46H2,1-6H3,(H,57,58)(H,59,60). The van der Waals surface area contributed by atoms with Gasteiger partial charge in [-0.3, -0.25) is 9.59 Å². The third kappa shape index (κ3) is 32.4. The minimum absolute atomic E-state index is 0.279. The number of hydrogen-bond donors (Lipinski definition) is 2. The molecule has 0 saturated carbocycles. The number of carbonyl (C=O) groups is 2. The molecule has 0 radical (unpaired) electrons. The van der Waals surface area contributed by atoms with Gasteiger partial charge in [-0.2, -0.15) is 0 Å². The van der Waals surface area contributed by atoms with E-state index in [0.29, 0.717) is 37.9 Å². The predicted molar refractivity (Wildman–Crippen MR) is 264 cm³/mol. The van der Waals surface area contributed by atoms with E-state index >= 15 is 0 Å². The molecule has 0 aliphatic heterocycles. The number of rotatable bonds is 46. The lowest BCUT2D eigenvalue weighted by Gasteiger charge is -2.20. The summed E-state index contributed by atoms with van der Waals surface area (Å²) in [5.74, 6) is 1.03. The topological polar surface area (TPSA) is 96.3 Å². The van der Waals surface area contributed by atoms with Crippen LogP contribution in [0.4, 0.5) is 0 Å². The highest BCUT2D eigenvalue weighted by Gasteiger charge is 2.21. The molecule has 0 aliphatic rings. The Morgan fingerprint density at radius 2 is 0.758 bits per heavy atom. The second kappa shape index (κ2) is 40.2. The Morgan fingerprint density at radius 1 is 0.435 bits per heavy atom. The first-order valence-electron chi connectivity index (χ1n) is 26.6. The molecule has 0 amide bonds. The zero-order valence-electron chi connectivity index (χ0n) is 41.7. The lowest BCUT2D eigenvalue weighted by Crippen LogP contribution is -2.16. The van der Waals surface area contributed by atoms with Crippen LogP contribution in [-0.4, -0.2) is 54.4 Å². The molecule has 2 unspecified atom stereocenters. The lowest BCUT2D eigenvalue weighted by atomic mass is 9.86. The van der Waals surface area contributed by atoms with Crippen LogP contribution in [-0.2, 0) is 16.1 Å². The van der Waals surface area contributed by atoms with Crippen LogP contribution in [0.25, 0.3) is 0 Å². The average molecular weight is 872 g/mol. The number of carboxylic acids is 2. The molecule has 2 N–H and O–H groups in total. The van der Waals surface area contributed by atoms with Crippen LogP contribution in [0.3, 0.4) is 0 Å². The summed E-state index contributed by atoms with van der Waals surface area (Å²) < 4.78 is 12.5. The van der Waals surface area contributed by atoms with Gasteiger partial charge in [0.15, 0.2) is 0 Å². The van der Waals surface area contributed by atoms with E-state index in [2.05, 4.69) is 58.8 Å². The van der Waals surface area contributed by atoms with Crippen LogP contribution in [0.2, 0.25) is 0 Å². The largest absolute Gasteiger partial charge is 0.493 e. The number of unbranched alkanes of at least 4 members (excludes halogenated alkanes) is 18. The van der Waals surface area contributed by atoms with Crippen molar-refractivity contribution >= 4 is 11.9 Å². The summed E-state index contributed by atoms with van der Waals surface area (Å²) in [5.41, 5.74) is 1.12. The molecule has 1 aromatic rings. The van der Waals surface area contributed by atoms with E-state index in [1.165, 1.54) is 154 Å². The molecule has 0 fully saturated rings. The Labute approximate surface area is 383 Å². The quantitative estimate of drug-likeness (QED) is 0.0630. The van der Waals surface area contributed by atoms with E-state index in [4.69, 9.17) is 9.47 Å². The molecule has 0 saturated heterocycles. The van der Waals surface area contributed by atoms with Crippen molar-refractivity contribution < 1.29 is 29.3 Å². The van der Waals surface area contributed by atoms with E-state index in [-0.39, 0.29) is 11.8 Å². The zero-order valence-corrected chi connectivity index (χ0v) is 41.7. The molecule has 7 heteroatoms. The van der Waals surface area contributed by atoms with Crippen molar-refractivity contribution in [2.24, 2.45) is 23.7 Å². The molecule has 2 atom stereocenters. The molecule has 7 nitrogen and oxygen atoms in total. The zero-order chi connectivity index (χ0) is 45.5. The number of benzene rings is 1. The van der Waals surface area contributed by atoms with E-state index in [1.807, 2.05) is 6.07 Å². The molecule has 0 heterocycles. The molecule has 0 spiro atoms. The molecule has 0 bridgehead atoms. The Morgan fingerprint density at radius 3 is 1.06 bits per heavy atom. The second-order valence-corrected chi connectivity index (χ2v) is 19.5. The van der Waals surface area contributed by atoms with Gasteiger partial charge in [-0.1, -0.05) is 182 Å². The van der Waals surface area contributed by atoms with Crippen LogP contribution < -0.4 is 9.47 Å². The van der Waals surface area contributed by atoms with Gasteiger partial charge in [-0.25, -0.2) is 0 Å². The van der Waals surface area contributed by atoms with Crippen LogP contribution in [0, 0.1) is 23.7 Å².